The van der Waals surface area contributed by atoms with Gasteiger partial charge in [0.1, 0.15) is 0 Å². The second-order valence-electron chi connectivity index (χ2n) is 4.19. The second-order valence-corrected chi connectivity index (χ2v) is 4.60. The average Bonchev–Trinajstić information content (AvgIpc) is 2.41. The number of carbonyl (C=O) groups excluding carboxylic acids is 1. The highest BCUT2D eigenvalue weighted by molar-refractivity contribution is 6.31. The van der Waals surface area contributed by atoms with Crippen molar-refractivity contribution in [1.29, 1.82) is 0 Å². The van der Waals surface area contributed by atoms with Gasteiger partial charge in [-0.25, -0.2) is 0 Å². The Labute approximate surface area is 111 Å². The van der Waals surface area contributed by atoms with E-state index in [4.69, 9.17) is 17.3 Å². The minimum Gasteiger partial charge on any atom is -0.326 e. The Bertz CT molecular complexity index is 576. The van der Waals surface area contributed by atoms with Gasteiger partial charge in [0.25, 0.3) is 0 Å². The molecule has 0 saturated carbocycles. The van der Waals surface area contributed by atoms with Crippen molar-refractivity contribution in [3.8, 4) is 0 Å². The fourth-order valence-electron chi connectivity index (χ4n) is 1.69. The number of ketones is 1. The molecule has 18 heavy (non-hydrogen) atoms. The third kappa shape index (κ3) is 2.61. The van der Waals surface area contributed by atoms with Crippen LogP contribution in [0.15, 0.2) is 42.5 Å². The predicted molar refractivity (Wildman–Crippen MR) is 74.0 cm³/mol. The summed E-state index contributed by atoms with van der Waals surface area (Å²) in [5, 5.41) is 0.611. The van der Waals surface area contributed by atoms with Gasteiger partial charge in [0.2, 0.25) is 0 Å². The maximum absolute atomic E-state index is 12.2. The SMILES string of the molecule is Cc1ccc(C(=O)c2ccc(CN)cc2)cc1Cl. The van der Waals surface area contributed by atoms with Crippen LogP contribution in [-0.4, -0.2) is 5.78 Å². The molecule has 0 spiro atoms. The first kappa shape index (κ1) is 12.8. The van der Waals surface area contributed by atoms with Crippen molar-refractivity contribution in [2.75, 3.05) is 0 Å². The summed E-state index contributed by atoms with van der Waals surface area (Å²) in [5.41, 5.74) is 8.74. The number of nitrogens with two attached hydrogens (primary N) is 1. The number of hydrogen-bond donors (Lipinski definition) is 1. The molecule has 0 heterocycles. The van der Waals surface area contributed by atoms with Crippen LogP contribution in [0.1, 0.15) is 27.0 Å². The molecule has 2 nitrogen and oxygen atoms in total. The van der Waals surface area contributed by atoms with E-state index in [1.807, 2.05) is 25.1 Å². The summed E-state index contributed by atoms with van der Waals surface area (Å²) >= 11 is 6.02. The molecule has 2 N–H and O–H groups in total. The van der Waals surface area contributed by atoms with E-state index < -0.39 is 0 Å². The molecule has 2 aromatic rings. The summed E-state index contributed by atoms with van der Waals surface area (Å²) in [6, 6.07) is 12.7. The van der Waals surface area contributed by atoms with Gasteiger partial charge in [-0.15, -0.1) is 0 Å². The Balaban J connectivity index is 2.32. The molecular formula is C15H14ClNO. The molecule has 0 fully saturated rings. The van der Waals surface area contributed by atoms with Crippen LogP contribution in [0.3, 0.4) is 0 Å². The first-order valence-electron chi connectivity index (χ1n) is 5.71. The molecule has 92 valence electrons. The summed E-state index contributed by atoms with van der Waals surface area (Å²) in [6.45, 7) is 2.39. The van der Waals surface area contributed by atoms with E-state index in [0.29, 0.717) is 22.7 Å². The minimum atomic E-state index is -0.0273. The van der Waals surface area contributed by atoms with Crippen LogP contribution in [0.2, 0.25) is 5.02 Å². The van der Waals surface area contributed by atoms with Crippen LogP contribution in [0, 0.1) is 6.92 Å². The molecule has 0 aliphatic heterocycles. The first-order valence-corrected chi connectivity index (χ1v) is 6.09. The van der Waals surface area contributed by atoms with E-state index in [1.165, 1.54) is 0 Å². The van der Waals surface area contributed by atoms with Gasteiger partial charge in [-0.2, -0.15) is 0 Å². The van der Waals surface area contributed by atoms with E-state index >= 15 is 0 Å². The zero-order valence-electron chi connectivity index (χ0n) is 10.1. The smallest absolute Gasteiger partial charge is 0.193 e. The molecule has 2 aromatic carbocycles. The lowest BCUT2D eigenvalue weighted by Gasteiger charge is -2.04. The Kier molecular flexibility index (Phi) is 3.80. The van der Waals surface area contributed by atoms with E-state index in [0.717, 1.165) is 11.1 Å². The molecule has 3 heteroatoms. The number of benzene rings is 2. The maximum Gasteiger partial charge on any atom is 0.193 e. The van der Waals surface area contributed by atoms with Crippen LogP contribution in [-0.2, 0) is 6.54 Å². The number of hydrogen-bond acceptors (Lipinski definition) is 2. The van der Waals surface area contributed by atoms with Crippen molar-refractivity contribution in [1.82, 2.24) is 0 Å². The number of halogens is 1. The van der Waals surface area contributed by atoms with Crippen LogP contribution in [0.25, 0.3) is 0 Å². The van der Waals surface area contributed by atoms with Gasteiger partial charge in [-0.05, 0) is 24.1 Å². The average molecular weight is 260 g/mol. The van der Waals surface area contributed by atoms with Gasteiger partial charge in [0.15, 0.2) is 5.78 Å². The van der Waals surface area contributed by atoms with E-state index in [2.05, 4.69) is 0 Å². The minimum absolute atomic E-state index is 0.0273. The summed E-state index contributed by atoms with van der Waals surface area (Å²) in [6.07, 6.45) is 0. The monoisotopic (exact) mass is 259 g/mol. The molecule has 0 radical (unpaired) electrons. The zero-order valence-corrected chi connectivity index (χ0v) is 10.9. The Hall–Kier alpha value is -1.64. The van der Waals surface area contributed by atoms with Crippen LogP contribution in [0.4, 0.5) is 0 Å². The van der Waals surface area contributed by atoms with Gasteiger partial charge in [-0.3, -0.25) is 4.79 Å². The topological polar surface area (TPSA) is 43.1 Å². The van der Waals surface area contributed by atoms with Gasteiger partial charge in [0.05, 0.1) is 0 Å². The Morgan fingerprint density at radius 2 is 1.72 bits per heavy atom. The van der Waals surface area contributed by atoms with Gasteiger partial charge in [-0.1, -0.05) is 48.0 Å². The summed E-state index contributed by atoms with van der Waals surface area (Å²) in [5.74, 6) is -0.0273. The van der Waals surface area contributed by atoms with E-state index in [9.17, 15) is 4.79 Å². The van der Waals surface area contributed by atoms with Crippen molar-refractivity contribution < 1.29 is 4.79 Å². The van der Waals surface area contributed by atoms with E-state index in [1.54, 1.807) is 24.3 Å². The summed E-state index contributed by atoms with van der Waals surface area (Å²) in [4.78, 5) is 12.2. The molecule has 2 rings (SSSR count). The fourth-order valence-corrected chi connectivity index (χ4v) is 1.87. The van der Waals surface area contributed by atoms with Crippen LogP contribution < -0.4 is 5.73 Å². The Morgan fingerprint density at radius 3 is 2.28 bits per heavy atom. The normalized spacial score (nSPS) is 10.4. The maximum atomic E-state index is 12.2. The lowest BCUT2D eigenvalue weighted by Crippen LogP contribution is -2.02. The van der Waals surface area contributed by atoms with Crippen LogP contribution >= 0.6 is 11.6 Å². The number of carbonyl (C=O) groups is 1. The highest BCUT2D eigenvalue weighted by atomic mass is 35.5. The molecule has 0 aromatic heterocycles. The van der Waals surface area contributed by atoms with E-state index in [-0.39, 0.29) is 5.78 Å². The zero-order chi connectivity index (χ0) is 13.1. The highest BCUT2D eigenvalue weighted by Crippen LogP contribution is 2.19. The fraction of sp³-hybridized carbons (Fsp3) is 0.133. The molecule has 0 saturated heterocycles. The summed E-state index contributed by atoms with van der Waals surface area (Å²) < 4.78 is 0. The molecule has 0 bridgehead atoms. The molecule has 0 aliphatic rings. The quantitative estimate of drug-likeness (QED) is 0.859. The van der Waals surface area contributed by atoms with Crippen LogP contribution in [0.5, 0.6) is 0 Å². The summed E-state index contributed by atoms with van der Waals surface area (Å²) in [7, 11) is 0. The van der Waals surface area contributed by atoms with Crippen molar-refractivity contribution >= 4 is 17.4 Å². The first-order chi connectivity index (χ1) is 8.61. The lowest BCUT2D eigenvalue weighted by molar-refractivity contribution is 0.103. The van der Waals surface area contributed by atoms with Crippen molar-refractivity contribution in [2.24, 2.45) is 5.73 Å². The number of aryl methyl sites for hydroxylation is 1. The number of rotatable bonds is 3. The lowest BCUT2D eigenvalue weighted by atomic mass is 10.0. The Morgan fingerprint density at radius 1 is 1.11 bits per heavy atom. The highest BCUT2D eigenvalue weighted by Gasteiger charge is 2.10. The molecular weight excluding hydrogens is 246 g/mol. The predicted octanol–water partition coefficient (Wildman–Crippen LogP) is 3.34. The molecule has 0 amide bonds. The second kappa shape index (κ2) is 5.34. The molecule has 0 unspecified atom stereocenters. The third-order valence-corrected chi connectivity index (χ3v) is 3.29. The third-order valence-electron chi connectivity index (χ3n) is 2.89. The van der Waals surface area contributed by atoms with Gasteiger partial charge < -0.3 is 5.73 Å². The van der Waals surface area contributed by atoms with Crippen molar-refractivity contribution in [2.45, 2.75) is 13.5 Å². The molecule has 0 aliphatic carbocycles. The van der Waals surface area contributed by atoms with Crippen molar-refractivity contribution in [3.05, 3.63) is 69.7 Å². The van der Waals surface area contributed by atoms with Gasteiger partial charge >= 0.3 is 0 Å². The standard InChI is InChI=1S/C15H14ClNO/c1-10-2-5-13(8-14(10)16)15(18)12-6-3-11(9-17)4-7-12/h2-8H,9,17H2,1H3. The van der Waals surface area contributed by atoms with Crippen molar-refractivity contribution in [3.63, 3.8) is 0 Å². The molecule has 0 atom stereocenters. The van der Waals surface area contributed by atoms with Gasteiger partial charge in [0, 0.05) is 22.7 Å². The largest absolute Gasteiger partial charge is 0.326 e.